The number of benzene rings is 1. The summed E-state index contributed by atoms with van der Waals surface area (Å²) in [5.41, 5.74) is 2.50. The van der Waals surface area contributed by atoms with Gasteiger partial charge in [-0.25, -0.2) is 0 Å². The van der Waals surface area contributed by atoms with Crippen LogP contribution in [0.5, 0.6) is 5.75 Å². The standard InChI is InChI=1S/C15H18O2/c1-17-11-4-5-13-12(10-11)14(16)6-9-15(13)7-2-3-8-15/h4-5,10H,2-3,6-9H2,1H3. The molecule has 1 aromatic rings. The SMILES string of the molecule is COc1ccc2c(c1)C(=O)CCC21CCCC1. The maximum Gasteiger partial charge on any atom is 0.163 e. The Morgan fingerprint density at radius 3 is 2.65 bits per heavy atom. The van der Waals surface area contributed by atoms with Crippen LogP contribution in [-0.2, 0) is 5.41 Å². The largest absolute Gasteiger partial charge is 0.497 e. The molecule has 3 rings (SSSR count). The highest BCUT2D eigenvalue weighted by Gasteiger charge is 2.41. The quantitative estimate of drug-likeness (QED) is 0.738. The Hall–Kier alpha value is -1.31. The van der Waals surface area contributed by atoms with Crippen molar-refractivity contribution in [3.8, 4) is 5.75 Å². The summed E-state index contributed by atoms with van der Waals surface area (Å²) in [5.74, 6) is 1.09. The Bertz CT molecular complexity index is 456. The fourth-order valence-electron chi connectivity index (χ4n) is 3.54. The molecule has 0 aliphatic heterocycles. The molecule has 1 aromatic carbocycles. The molecule has 0 aromatic heterocycles. The van der Waals surface area contributed by atoms with E-state index < -0.39 is 0 Å². The van der Waals surface area contributed by atoms with Gasteiger partial charge in [0.05, 0.1) is 7.11 Å². The van der Waals surface area contributed by atoms with E-state index in [9.17, 15) is 4.79 Å². The molecule has 0 N–H and O–H groups in total. The van der Waals surface area contributed by atoms with Crippen LogP contribution in [0.1, 0.15) is 54.4 Å². The summed E-state index contributed by atoms with van der Waals surface area (Å²) in [5, 5.41) is 0. The van der Waals surface area contributed by atoms with Gasteiger partial charge in [0, 0.05) is 12.0 Å². The van der Waals surface area contributed by atoms with Gasteiger partial charge in [-0.1, -0.05) is 18.9 Å². The van der Waals surface area contributed by atoms with E-state index in [2.05, 4.69) is 6.07 Å². The van der Waals surface area contributed by atoms with Crippen LogP contribution >= 0.6 is 0 Å². The topological polar surface area (TPSA) is 26.3 Å². The number of hydrogen-bond donors (Lipinski definition) is 0. The number of carbonyl (C=O) groups is 1. The molecule has 17 heavy (non-hydrogen) atoms. The third-order valence-electron chi connectivity index (χ3n) is 4.49. The van der Waals surface area contributed by atoms with Gasteiger partial charge in [0.1, 0.15) is 5.75 Å². The summed E-state index contributed by atoms with van der Waals surface area (Å²) in [6, 6.07) is 6.05. The van der Waals surface area contributed by atoms with E-state index in [4.69, 9.17) is 4.74 Å². The van der Waals surface area contributed by atoms with Gasteiger partial charge in [-0.05, 0) is 42.4 Å². The van der Waals surface area contributed by atoms with Crippen LogP contribution in [0.2, 0.25) is 0 Å². The van der Waals surface area contributed by atoms with Crippen molar-refractivity contribution in [1.82, 2.24) is 0 Å². The molecule has 0 atom stereocenters. The molecule has 0 unspecified atom stereocenters. The predicted octanol–water partition coefficient (Wildman–Crippen LogP) is 3.48. The highest BCUT2D eigenvalue weighted by Crippen LogP contribution is 2.49. The van der Waals surface area contributed by atoms with Crippen molar-refractivity contribution in [2.75, 3.05) is 7.11 Å². The highest BCUT2D eigenvalue weighted by molar-refractivity contribution is 5.99. The monoisotopic (exact) mass is 230 g/mol. The van der Waals surface area contributed by atoms with Gasteiger partial charge >= 0.3 is 0 Å². The average molecular weight is 230 g/mol. The fourth-order valence-corrected chi connectivity index (χ4v) is 3.54. The first kappa shape index (κ1) is 10.8. The van der Waals surface area contributed by atoms with E-state index >= 15 is 0 Å². The number of rotatable bonds is 1. The molecule has 0 saturated heterocycles. The molecule has 2 nitrogen and oxygen atoms in total. The second kappa shape index (κ2) is 3.86. The highest BCUT2D eigenvalue weighted by atomic mass is 16.5. The van der Waals surface area contributed by atoms with Gasteiger partial charge < -0.3 is 4.74 Å². The molecule has 2 aliphatic rings. The van der Waals surface area contributed by atoms with E-state index in [1.54, 1.807) is 7.11 Å². The van der Waals surface area contributed by atoms with E-state index in [-0.39, 0.29) is 5.78 Å². The first-order valence-electron chi connectivity index (χ1n) is 6.47. The van der Waals surface area contributed by atoms with E-state index in [1.165, 1.54) is 31.2 Å². The molecular weight excluding hydrogens is 212 g/mol. The second-order valence-electron chi connectivity index (χ2n) is 5.32. The average Bonchev–Trinajstić information content (AvgIpc) is 2.83. The van der Waals surface area contributed by atoms with Crippen molar-refractivity contribution in [2.45, 2.75) is 43.9 Å². The lowest BCUT2D eigenvalue weighted by molar-refractivity contribution is 0.0951. The maximum atomic E-state index is 12.0. The van der Waals surface area contributed by atoms with Crippen LogP contribution in [0.3, 0.4) is 0 Å². The van der Waals surface area contributed by atoms with E-state index in [0.717, 1.165) is 17.7 Å². The Kier molecular flexibility index (Phi) is 2.46. The molecule has 1 fully saturated rings. The minimum absolute atomic E-state index is 0.288. The second-order valence-corrected chi connectivity index (χ2v) is 5.32. The first-order valence-corrected chi connectivity index (χ1v) is 6.47. The van der Waals surface area contributed by atoms with Gasteiger partial charge in [-0.3, -0.25) is 4.79 Å². The number of carbonyl (C=O) groups excluding carboxylic acids is 1. The lowest BCUT2D eigenvalue weighted by Gasteiger charge is -2.35. The molecular formula is C15H18O2. The zero-order chi connectivity index (χ0) is 11.9. The Morgan fingerprint density at radius 1 is 1.18 bits per heavy atom. The molecule has 2 heteroatoms. The van der Waals surface area contributed by atoms with Gasteiger partial charge in [-0.15, -0.1) is 0 Å². The smallest absolute Gasteiger partial charge is 0.163 e. The number of Topliss-reactive ketones (excluding diaryl/α,β-unsaturated/α-hetero) is 1. The van der Waals surface area contributed by atoms with Crippen molar-refractivity contribution >= 4 is 5.78 Å². The molecule has 0 bridgehead atoms. The van der Waals surface area contributed by atoms with Gasteiger partial charge in [0.2, 0.25) is 0 Å². The molecule has 1 spiro atoms. The van der Waals surface area contributed by atoms with Crippen LogP contribution < -0.4 is 4.74 Å². The van der Waals surface area contributed by atoms with Crippen molar-refractivity contribution < 1.29 is 9.53 Å². The third kappa shape index (κ3) is 1.58. The zero-order valence-electron chi connectivity index (χ0n) is 10.3. The first-order chi connectivity index (χ1) is 8.25. The molecule has 90 valence electrons. The minimum Gasteiger partial charge on any atom is -0.497 e. The van der Waals surface area contributed by atoms with Crippen molar-refractivity contribution in [3.63, 3.8) is 0 Å². The summed E-state index contributed by atoms with van der Waals surface area (Å²) < 4.78 is 5.23. The van der Waals surface area contributed by atoms with Gasteiger partial charge in [-0.2, -0.15) is 0 Å². The molecule has 1 saturated carbocycles. The lowest BCUT2D eigenvalue weighted by atomic mass is 9.68. The van der Waals surface area contributed by atoms with Crippen LogP contribution in [0.15, 0.2) is 18.2 Å². The number of hydrogen-bond acceptors (Lipinski definition) is 2. The summed E-state index contributed by atoms with van der Waals surface area (Å²) >= 11 is 0. The van der Waals surface area contributed by atoms with Crippen molar-refractivity contribution in [1.29, 1.82) is 0 Å². The van der Waals surface area contributed by atoms with Crippen LogP contribution in [0.25, 0.3) is 0 Å². The van der Waals surface area contributed by atoms with E-state index in [0.29, 0.717) is 11.8 Å². The summed E-state index contributed by atoms with van der Waals surface area (Å²) in [7, 11) is 1.65. The van der Waals surface area contributed by atoms with Crippen molar-refractivity contribution in [2.24, 2.45) is 0 Å². The number of fused-ring (bicyclic) bond motifs is 2. The molecule has 0 amide bonds. The normalized spacial score (nSPS) is 21.6. The Labute approximate surface area is 102 Å². The van der Waals surface area contributed by atoms with Crippen LogP contribution in [0, 0.1) is 0 Å². The number of ketones is 1. The van der Waals surface area contributed by atoms with Crippen LogP contribution in [-0.4, -0.2) is 12.9 Å². The third-order valence-corrected chi connectivity index (χ3v) is 4.49. The summed E-state index contributed by atoms with van der Waals surface area (Å²) in [4.78, 5) is 12.0. The van der Waals surface area contributed by atoms with Gasteiger partial charge in [0.15, 0.2) is 5.78 Å². The summed E-state index contributed by atoms with van der Waals surface area (Å²) in [6.07, 6.45) is 6.86. The molecule has 0 radical (unpaired) electrons. The molecule has 2 aliphatic carbocycles. The van der Waals surface area contributed by atoms with Gasteiger partial charge in [0.25, 0.3) is 0 Å². The maximum absolute atomic E-state index is 12.0. The van der Waals surface area contributed by atoms with Crippen molar-refractivity contribution in [3.05, 3.63) is 29.3 Å². The minimum atomic E-state index is 0.288. The fraction of sp³-hybridized carbons (Fsp3) is 0.533. The number of methoxy groups -OCH3 is 1. The molecule has 0 heterocycles. The lowest BCUT2D eigenvalue weighted by Crippen LogP contribution is -2.30. The Balaban J connectivity index is 2.12. The Morgan fingerprint density at radius 2 is 1.94 bits per heavy atom. The predicted molar refractivity (Wildman–Crippen MR) is 66.7 cm³/mol. The summed E-state index contributed by atoms with van der Waals surface area (Å²) in [6.45, 7) is 0. The number of ether oxygens (including phenoxy) is 1. The zero-order valence-corrected chi connectivity index (χ0v) is 10.3. The van der Waals surface area contributed by atoms with Crippen LogP contribution in [0.4, 0.5) is 0 Å². The van der Waals surface area contributed by atoms with E-state index in [1.807, 2.05) is 12.1 Å².